The molecule has 0 heterocycles. The molecule has 0 aromatic heterocycles. The zero-order valence-corrected chi connectivity index (χ0v) is 30.2. The molecule has 0 spiro atoms. The number of para-hydroxylation sites is 2. The van der Waals surface area contributed by atoms with E-state index in [2.05, 4.69) is 49.9 Å². The number of aryl methyl sites for hydroxylation is 2. The van der Waals surface area contributed by atoms with E-state index in [0.29, 0.717) is 23.0 Å². The summed E-state index contributed by atoms with van der Waals surface area (Å²) in [5.41, 5.74) is 10.4. The van der Waals surface area contributed by atoms with E-state index in [1.807, 2.05) is 109 Å². The van der Waals surface area contributed by atoms with Crippen LogP contribution in [0.4, 0.5) is 11.4 Å². The smallest absolute Gasteiger partial charge is 0.127 e. The van der Waals surface area contributed by atoms with Crippen LogP contribution in [0, 0.1) is 13.8 Å². The lowest BCUT2D eigenvalue weighted by Gasteiger charge is -2.17. The summed E-state index contributed by atoms with van der Waals surface area (Å²) in [5, 5.41) is 0. The normalized spacial score (nSPS) is 10.3. The highest BCUT2D eigenvalue weighted by Gasteiger charge is 2.20. The van der Waals surface area contributed by atoms with Gasteiger partial charge >= 0.3 is 0 Å². The monoisotopic (exact) mass is 684 g/mol. The highest BCUT2D eigenvalue weighted by atomic mass is 16.5. The first-order valence-corrected chi connectivity index (χ1v) is 16.9. The molecule has 52 heavy (non-hydrogen) atoms. The molecule has 0 saturated carbocycles. The van der Waals surface area contributed by atoms with E-state index in [4.69, 9.17) is 28.9 Å². The third-order valence-electron chi connectivity index (χ3n) is 8.63. The SMILES string of the molecule is COc1ccc(C)cc1C(=C=Nc1ccccc1)c1cc(-c2ccc(OC)c(C(=C=Nc3ccccc3)c3cc(C)ccc3OC)c2)ccc1OC. The molecule has 0 bridgehead atoms. The number of aliphatic imine (C=N–C) groups is 2. The molecule has 0 saturated heterocycles. The van der Waals surface area contributed by atoms with Crippen LogP contribution in [0.1, 0.15) is 33.4 Å². The molecule has 6 heteroatoms. The summed E-state index contributed by atoms with van der Waals surface area (Å²) in [6, 6.07) is 43.9. The Labute approximate surface area is 305 Å². The van der Waals surface area contributed by atoms with Gasteiger partial charge in [0.25, 0.3) is 0 Å². The van der Waals surface area contributed by atoms with Crippen molar-refractivity contribution in [1.82, 2.24) is 0 Å². The van der Waals surface area contributed by atoms with Gasteiger partial charge < -0.3 is 18.9 Å². The summed E-state index contributed by atoms with van der Waals surface area (Å²) in [7, 11) is 6.67. The van der Waals surface area contributed by atoms with Crippen LogP contribution in [0.15, 0.2) is 143 Å². The number of methoxy groups -OCH3 is 4. The van der Waals surface area contributed by atoms with Gasteiger partial charge in [0.2, 0.25) is 0 Å². The zero-order chi connectivity index (χ0) is 36.5. The fourth-order valence-electron chi connectivity index (χ4n) is 5.98. The van der Waals surface area contributed by atoms with Crippen molar-refractivity contribution in [2.24, 2.45) is 9.98 Å². The van der Waals surface area contributed by atoms with E-state index >= 15 is 0 Å². The summed E-state index contributed by atoms with van der Waals surface area (Å²) >= 11 is 0. The van der Waals surface area contributed by atoms with E-state index in [9.17, 15) is 0 Å². The molecule has 258 valence electrons. The van der Waals surface area contributed by atoms with Gasteiger partial charge in [-0.15, -0.1) is 0 Å². The van der Waals surface area contributed by atoms with E-state index in [-0.39, 0.29) is 0 Å². The number of benzene rings is 6. The minimum absolute atomic E-state index is 0.673. The molecule has 0 fully saturated rings. The maximum atomic E-state index is 5.96. The molecule has 6 aromatic carbocycles. The van der Waals surface area contributed by atoms with Gasteiger partial charge in [0.1, 0.15) is 23.0 Å². The van der Waals surface area contributed by atoms with E-state index < -0.39 is 0 Å². The fraction of sp³-hybridized carbons (Fsp3) is 0.130. The first-order valence-electron chi connectivity index (χ1n) is 16.9. The molecular formula is C46H40N2O4. The van der Waals surface area contributed by atoms with Crippen molar-refractivity contribution in [2.75, 3.05) is 28.4 Å². The van der Waals surface area contributed by atoms with Crippen molar-refractivity contribution in [3.05, 3.63) is 167 Å². The van der Waals surface area contributed by atoms with Gasteiger partial charge in [-0.05, 0) is 110 Å². The van der Waals surface area contributed by atoms with Crippen LogP contribution in [-0.4, -0.2) is 40.2 Å². The van der Waals surface area contributed by atoms with E-state index in [1.165, 1.54) is 0 Å². The molecule has 0 unspecified atom stereocenters. The van der Waals surface area contributed by atoms with Gasteiger partial charge in [0, 0.05) is 22.3 Å². The molecular weight excluding hydrogens is 645 g/mol. The predicted octanol–water partition coefficient (Wildman–Crippen LogP) is 10.9. The second-order valence-electron chi connectivity index (χ2n) is 12.1. The lowest BCUT2D eigenvalue weighted by molar-refractivity contribution is 0.411. The van der Waals surface area contributed by atoms with Crippen molar-refractivity contribution < 1.29 is 18.9 Å². The molecule has 0 aliphatic carbocycles. The molecule has 0 aliphatic heterocycles. The Morgan fingerprint density at radius 1 is 0.404 bits per heavy atom. The Bertz CT molecular complexity index is 2170. The number of rotatable bonds is 11. The summed E-state index contributed by atoms with van der Waals surface area (Å²) in [5.74, 6) is 9.48. The maximum absolute atomic E-state index is 5.96. The van der Waals surface area contributed by atoms with Gasteiger partial charge in [-0.25, -0.2) is 9.98 Å². The van der Waals surface area contributed by atoms with Crippen LogP contribution in [0.2, 0.25) is 0 Å². The number of hydrogen-bond acceptors (Lipinski definition) is 6. The minimum Gasteiger partial charge on any atom is -0.496 e. The van der Waals surface area contributed by atoms with Crippen molar-refractivity contribution >= 4 is 34.3 Å². The number of hydrogen-bond donors (Lipinski definition) is 0. The van der Waals surface area contributed by atoms with Crippen molar-refractivity contribution in [3.63, 3.8) is 0 Å². The van der Waals surface area contributed by atoms with Crippen LogP contribution in [-0.2, 0) is 0 Å². The first-order chi connectivity index (χ1) is 25.4. The van der Waals surface area contributed by atoms with Crippen molar-refractivity contribution in [1.29, 1.82) is 0 Å². The summed E-state index contributed by atoms with van der Waals surface area (Å²) in [4.78, 5) is 9.51. The maximum Gasteiger partial charge on any atom is 0.127 e. The minimum atomic E-state index is 0.673. The number of nitrogens with zero attached hydrogens (tertiary/aromatic N) is 2. The van der Waals surface area contributed by atoms with E-state index in [1.54, 1.807) is 28.4 Å². The summed E-state index contributed by atoms with van der Waals surface area (Å²) in [6.45, 7) is 4.10. The number of ether oxygens (including phenoxy) is 4. The van der Waals surface area contributed by atoms with Gasteiger partial charge in [0.15, 0.2) is 0 Å². The molecule has 6 rings (SSSR count). The molecule has 0 aliphatic rings. The Morgan fingerprint density at radius 3 is 1.08 bits per heavy atom. The molecule has 6 aromatic rings. The average Bonchev–Trinajstić information content (AvgIpc) is 3.19. The standard InChI is InChI=1S/C46H40N2O4/c1-31-17-21-43(49-3)37(25-31)41(29-47-35-13-9-7-10-14-35)39-27-33(19-23-45(39)51-5)34-20-24-46(52-6)40(28-34)42(30-48-36-15-11-8-12-16-36)38-26-32(2)18-22-44(38)50-4/h7-28H,1-6H3. The van der Waals surface area contributed by atoms with Crippen LogP contribution >= 0.6 is 0 Å². The fourth-order valence-corrected chi connectivity index (χ4v) is 5.98. The van der Waals surface area contributed by atoms with Gasteiger partial charge in [-0.2, -0.15) is 0 Å². The Hall–Kier alpha value is -6.58. The highest BCUT2D eigenvalue weighted by molar-refractivity contribution is 6.04. The molecule has 6 nitrogen and oxygen atoms in total. The lowest BCUT2D eigenvalue weighted by atomic mass is 9.91. The first kappa shape index (κ1) is 35.3. The second-order valence-corrected chi connectivity index (χ2v) is 12.1. The Morgan fingerprint density at radius 2 is 0.731 bits per heavy atom. The topological polar surface area (TPSA) is 61.6 Å². The average molecular weight is 685 g/mol. The van der Waals surface area contributed by atoms with Gasteiger partial charge in [-0.1, -0.05) is 71.8 Å². The summed E-state index contributed by atoms with van der Waals surface area (Å²) in [6.07, 6.45) is 0. The largest absolute Gasteiger partial charge is 0.496 e. The predicted molar refractivity (Wildman–Crippen MR) is 213 cm³/mol. The Kier molecular flexibility index (Phi) is 11.1. The zero-order valence-electron chi connectivity index (χ0n) is 30.2. The third-order valence-corrected chi connectivity index (χ3v) is 8.63. The Balaban J connectivity index is 1.59. The van der Waals surface area contributed by atoms with Crippen molar-refractivity contribution in [2.45, 2.75) is 13.8 Å². The molecule has 0 atom stereocenters. The third kappa shape index (κ3) is 7.90. The molecule has 0 radical (unpaired) electrons. The van der Waals surface area contributed by atoms with Gasteiger partial charge in [0.05, 0.1) is 51.0 Å². The van der Waals surface area contributed by atoms with Crippen molar-refractivity contribution in [3.8, 4) is 34.1 Å². The van der Waals surface area contributed by atoms with Crippen LogP contribution < -0.4 is 18.9 Å². The van der Waals surface area contributed by atoms with Crippen LogP contribution in [0.25, 0.3) is 22.3 Å². The summed E-state index contributed by atoms with van der Waals surface area (Å²) < 4.78 is 23.6. The molecule has 0 amide bonds. The van der Waals surface area contributed by atoms with Gasteiger partial charge in [-0.3, -0.25) is 0 Å². The quantitative estimate of drug-likeness (QED) is 0.127. The van der Waals surface area contributed by atoms with Crippen LogP contribution in [0.5, 0.6) is 23.0 Å². The lowest BCUT2D eigenvalue weighted by Crippen LogP contribution is -2.00. The van der Waals surface area contributed by atoms with Crippen LogP contribution in [0.3, 0.4) is 0 Å². The molecule has 0 N–H and O–H groups in total. The second kappa shape index (κ2) is 16.4. The highest BCUT2D eigenvalue weighted by Crippen LogP contribution is 2.41. The van der Waals surface area contributed by atoms with E-state index in [0.717, 1.165) is 67.0 Å².